The van der Waals surface area contributed by atoms with Crippen LogP contribution in [0.3, 0.4) is 0 Å². The lowest BCUT2D eigenvalue weighted by molar-refractivity contribution is 0.0633. The van der Waals surface area contributed by atoms with Gasteiger partial charge in [0.05, 0.1) is 18.2 Å². The number of nitrogens with zero attached hydrogens (tertiary/aromatic N) is 2. The van der Waals surface area contributed by atoms with Crippen LogP contribution in [0, 0.1) is 24.2 Å². The van der Waals surface area contributed by atoms with Crippen LogP contribution < -0.4 is 4.74 Å². The molecule has 4 heteroatoms. The largest absolute Gasteiger partial charge is 0.493 e. The molecule has 4 nitrogen and oxygen atoms in total. The summed E-state index contributed by atoms with van der Waals surface area (Å²) in [4.78, 5) is 14.6. The minimum absolute atomic E-state index is 0.00265. The maximum atomic E-state index is 12.7. The number of nitriles is 1. The summed E-state index contributed by atoms with van der Waals surface area (Å²) in [7, 11) is 0. The average Bonchev–Trinajstić information content (AvgIpc) is 2.67. The summed E-state index contributed by atoms with van der Waals surface area (Å²) in [5, 5.41) is 9.00. The van der Waals surface area contributed by atoms with Crippen LogP contribution in [0.15, 0.2) is 48.5 Å². The molecule has 2 aromatic rings. The normalized spacial score (nSPS) is 17.0. The summed E-state index contributed by atoms with van der Waals surface area (Å²) in [6.07, 6.45) is 2.04. The molecule has 1 unspecified atom stereocenters. The zero-order valence-electron chi connectivity index (χ0n) is 14.4. The molecule has 1 aliphatic rings. The minimum atomic E-state index is -0.00265. The Morgan fingerprint density at radius 1 is 1.28 bits per heavy atom. The number of carbonyl (C=O) groups is 1. The molecular weight excluding hydrogens is 312 g/mol. The van der Waals surface area contributed by atoms with Gasteiger partial charge in [-0.25, -0.2) is 0 Å². The Kier molecular flexibility index (Phi) is 5.35. The van der Waals surface area contributed by atoms with E-state index in [1.807, 2.05) is 29.2 Å². The fourth-order valence-electron chi connectivity index (χ4n) is 3.14. The SMILES string of the molecule is Cc1ccc(OCC2CCCN(C(=O)c3cccc(C#N)c3)C2)cc1. The topological polar surface area (TPSA) is 53.3 Å². The van der Waals surface area contributed by atoms with Crippen molar-refractivity contribution in [1.82, 2.24) is 4.90 Å². The predicted molar refractivity (Wildman–Crippen MR) is 96.5 cm³/mol. The zero-order valence-corrected chi connectivity index (χ0v) is 14.4. The average molecular weight is 334 g/mol. The quantitative estimate of drug-likeness (QED) is 0.854. The van der Waals surface area contributed by atoms with Gasteiger partial charge in [0.2, 0.25) is 0 Å². The highest BCUT2D eigenvalue weighted by atomic mass is 16.5. The van der Waals surface area contributed by atoms with Gasteiger partial charge in [-0.2, -0.15) is 5.26 Å². The van der Waals surface area contributed by atoms with E-state index in [0.717, 1.165) is 25.1 Å². The van der Waals surface area contributed by atoms with E-state index in [2.05, 4.69) is 13.0 Å². The molecule has 1 saturated heterocycles. The van der Waals surface area contributed by atoms with Crippen molar-refractivity contribution in [1.29, 1.82) is 5.26 Å². The molecule has 1 atom stereocenters. The molecule has 0 radical (unpaired) electrons. The van der Waals surface area contributed by atoms with Gasteiger partial charge in [-0.15, -0.1) is 0 Å². The number of ether oxygens (including phenoxy) is 1. The monoisotopic (exact) mass is 334 g/mol. The number of hydrogen-bond donors (Lipinski definition) is 0. The molecule has 3 rings (SSSR count). The van der Waals surface area contributed by atoms with Gasteiger partial charge in [-0.1, -0.05) is 23.8 Å². The van der Waals surface area contributed by atoms with Crippen molar-refractivity contribution < 1.29 is 9.53 Å². The van der Waals surface area contributed by atoms with E-state index in [9.17, 15) is 4.79 Å². The summed E-state index contributed by atoms with van der Waals surface area (Å²) >= 11 is 0. The highest BCUT2D eigenvalue weighted by Crippen LogP contribution is 2.21. The third kappa shape index (κ3) is 4.39. The molecule has 0 saturated carbocycles. The molecule has 0 aliphatic carbocycles. The predicted octanol–water partition coefficient (Wildman–Crippen LogP) is 3.80. The van der Waals surface area contributed by atoms with Crippen LogP contribution in [0.1, 0.15) is 34.3 Å². The lowest BCUT2D eigenvalue weighted by atomic mass is 9.98. The van der Waals surface area contributed by atoms with E-state index < -0.39 is 0 Å². The van der Waals surface area contributed by atoms with Gasteiger partial charge in [-0.3, -0.25) is 4.79 Å². The van der Waals surface area contributed by atoms with Crippen LogP contribution in [0.5, 0.6) is 5.75 Å². The van der Waals surface area contributed by atoms with Gasteiger partial charge >= 0.3 is 0 Å². The Balaban J connectivity index is 1.59. The molecule has 1 amide bonds. The number of aryl methyl sites for hydroxylation is 1. The van der Waals surface area contributed by atoms with Gasteiger partial charge in [0.15, 0.2) is 0 Å². The van der Waals surface area contributed by atoms with E-state index in [1.165, 1.54) is 5.56 Å². The third-order valence-electron chi connectivity index (χ3n) is 4.55. The van der Waals surface area contributed by atoms with E-state index >= 15 is 0 Å². The lowest BCUT2D eigenvalue weighted by Gasteiger charge is -2.32. The second-order valence-electron chi connectivity index (χ2n) is 6.58. The zero-order chi connectivity index (χ0) is 17.6. The number of hydrogen-bond acceptors (Lipinski definition) is 3. The standard InChI is InChI=1S/C21H22N2O2/c1-16-7-9-20(10-8-16)25-15-18-5-3-11-23(14-18)21(24)19-6-2-4-17(12-19)13-22/h2,4,6-10,12,18H,3,5,11,14-15H2,1H3. The van der Waals surface area contributed by atoms with E-state index in [-0.39, 0.29) is 5.91 Å². The number of rotatable bonds is 4. The fraction of sp³-hybridized carbons (Fsp3) is 0.333. The van der Waals surface area contributed by atoms with Crippen molar-refractivity contribution >= 4 is 5.91 Å². The van der Waals surface area contributed by atoms with Gasteiger partial charge in [0.1, 0.15) is 5.75 Å². The Labute approximate surface area is 148 Å². The number of likely N-dealkylation sites (tertiary alicyclic amines) is 1. The van der Waals surface area contributed by atoms with Crippen molar-refractivity contribution in [2.24, 2.45) is 5.92 Å². The summed E-state index contributed by atoms with van der Waals surface area (Å²) in [6, 6.07) is 17.0. The summed E-state index contributed by atoms with van der Waals surface area (Å²) in [5.41, 5.74) is 2.31. The number of carbonyl (C=O) groups excluding carboxylic acids is 1. The van der Waals surface area contributed by atoms with Gasteiger partial charge < -0.3 is 9.64 Å². The van der Waals surface area contributed by atoms with Crippen LogP contribution in [0.25, 0.3) is 0 Å². The second kappa shape index (κ2) is 7.85. The van der Waals surface area contributed by atoms with Crippen molar-refractivity contribution in [3.63, 3.8) is 0 Å². The highest BCUT2D eigenvalue weighted by Gasteiger charge is 2.25. The first-order valence-corrected chi connectivity index (χ1v) is 8.64. The molecule has 1 aliphatic heterocycles. The number of amides is 1. The van der Waals surface area contributed by atoms with Crippen LogP contribution in [-0.2, 0) is 0 Å². The molecule has 25 heavy (non-hydrogen) atoms. The van der Waals surface area contributed by atoms with E-state index in [1.54, 1.807) is 24.3 Å². The highest BCUT2D eigenvalue weighted by molar-refractivity contribution is 5.94. The van der Waals surface area contributed by atoms with E-state index in [4.69, 9.17) is 10.00 Å². The third-order valence-corrected chi connectivity index (χ3v) is 4.55. The Bertz CT molecular complexity index is 777. The molecule has 1 heterocycles. The first kappa shape index (κ1) is 17.0. The molecule has 128 valence electrons. The van der Waals surface area contributed by atoms with Gasteiger partial charge in [0.25, 0.3) is 5.91 Å². The van der Waals surface area contributed by atoms with Crippen molar-refractivity contribution in [3.05, 3.63) is 65.2 Å². The summed E-state index contributed by atoms with van der Waals surface area (Å²) < 4.78 is 5.89. The molecule has 0 bridgehead atoms. The van der Waals surface area contributed by atoms with Crippen LogP contribution in [0.4, 0.5) is 0 Å². The molecule has 0 aromatic heterocycles. The first-order valence-electron chi connectivity index (χ1n) is 8.64. The van der Waals surface area contributed by atoms with Crippen molar-refractivity contribution in [3.8, 4) is 11.8 Å². The maximum Gasteiger partial charge on any atom is 0.253 e. The first-order chi connectivity index (χ1) is 12.2. The second-order valence-corrected chi connectivity index (χ2v) is 6.58. The summed E-state index contributed by atoms with van der Waals surface area (Å²) in [6.45, 7) is 4.12. The van der Waals surface area contributed by atoms with Crippen molar-refractivity contribution in [2.45, 2.75) is 19.8 Å². The van der Waals surface area contributed by atoms with Crippen molar-refractivity contribution in [2.75, 3.05) is 19.7 Å². The minimum Gasteiger partial charge on any atom is -0.493 e. The molecule has 2 aromatic carbocycles. The van der Waals surface area contributed by atoms with Gasteiger partial charge in [0, 0.05) is 24.6 Å². The lowest BCUT2D eigenvalue weighted by Crippen LogP contribution is -2.41. The fourth-order valence-corrected chi connectivity index (χ4v) is 3.14. The molecular formula is C21H22N2O2. The Morgan fingerprint density at radius 3 is 2.84 bits per heavy atom. The maximum absolute atomic E-state index is 12.7. The molecule has 1 fully saturated rings. The smallest absolute Gasteiger partial charge is 0.253 e. The Morgan fingerprint density at radius 2 is 2.08 bits per heavy atom. The number of benzene rings is 2. The summed E-state index contributed by atoms with van der Waals surface area (Å²) in [5.74, 6) is 1.20. The van der Waals surface area contributed by atoms with Crippen LogP contribution in [-0.4, -0.2) is 30.5 Å². The molecule has 0 N–H and O–H groups in total. The number of piperidine rings is 1. The van der Waals surface area contributed by atoms with Crippen LogP contribution in [0.2, 0.25) is 0 Å². The Hall–Kier alpha value is -2.80. The molecule has 0 spiro atoms. The van der Waals surface area contributed by atoms with Gasteiger partial charge in [-0.05, 0) is 50.1 Å². The van der Waals surface area contributed by atoms with Crippen LogP contribution >= 0.6 is 0 Å². The van der Waals surface area contributed by atoms with E-state index in [0.29, 0.717) is 30.2 Å².